The van der Waals surface area contributed by atoms with Crippen LogP contribution in [0.5, 0.6) is 11.5 Å². The molecule has 5 heteroatoms. The van der Waals surface area contributed by atoms with E-state index in [1.54, 1.807) is 12.1 Å². The lowest BCUT2D eigenvalue weighted by Gasteiger charge is -2.35. The maximum absolute atomic E-state index is 12.0. The highest BCUT2D eigenvalue weighted by molar-refractivity contribution is 5.79. The smallest absolute Gasteiger partial charge is 0.259 e. The summed E-state index contributed by atoms with van der Waals surface area (Å²) in [7, 11) is 0. The van der Waals surface area contributed by atoms with E-state index in [1.807, 2.05) is 42.5 Å². The van der Waals surface area contributed by atoms with E-state index in [-0.39, 0.29) is 12.5 Å². The largest absolute Gasteiger partial charge is 0.485 e. The molecule has 0 atom stereocenters. The topological polar surface area (TPSA) is 71.4 Å². The second-order valence-corrected chi connectivity index (χ2v) is 6.11. The Hall–Kier alpha value is -3.00. The SMILES string of the molecule is N#CC1(NC(=O)COc2ccccc2OCc2ccccc2)CCC1. The van der Waals surface area contributed by atoms with Gasteiger partial charge in [-0.2, -0.15) is 5.26 Å². The molecule has 3 rings (SSSR count). The fourth-order valence-corrected chi connectivity index (χ4v) is 2.67. The monoisotopic (exact) mass is 336 g/mol. The number of amides is 1. The number of carbonyl (C=O) groups is 1. The second kappa shape index (κ2) is 7.71. The Kier molecular flexibility index (Phi) is 5.20. The summed E-state index contributed by atoms with van der Waals surface area (Å²) in [4.78, 5) is 12.0. The van der Waals surface area contributed by atoms with Crippen LogP contribution in [0.25, 0.3) is 0 Å². The van der Waals surface area contributed by atoms with E-state index in [2.05, 4.69) is 11.4 Å². The van der Waals surface area contributed by atoms with Crippen molar-refractivity contribution in [3.05, 3.63) is 60.2 Å². The molecule has 25 heavy (non-hydrogen) atoms. The zero-order valence-corrected chi connectivity index (χ0v) is 13.9. The molecular weight excluding hydrogens is 316 g/mol. The number of carbonyl (C=O) groups excluding carboxylic acids is 1. The molecule has 0 radical (unpaired) electrons. The van der Waals surface area contributed by atoms with Gasteiger partial charge in [0, 0.05) is 0 Å². The van der Waals surface area contributed by atoms with Crippen molar-refractivity contribution in [2.24, 2.45) is 0 Å². The van der Waals surface area contributed by atoms with Crippen molar-refractivity contribution in [2.75, 3.05) is 6.61 Å². The second-order valence-electron chi connectivity index (χ2n) is 6.11. The molecule has 1 aliphatic carbocycles. The Morgan fingerprint density at radius 2 is 1.68 bits per heavy atom. The lowest BCUT2D eigenvalue weighted by molar-refractivity contribution is -0.125. The van der Waals surface area contributed by atoms with Crippen LogP contribution < -0.4 is 14.8 Å². The third-order valence-electron chi connectivity index (χ3n) is 4.24. The van der Waals surface area contributed by atoms with Gasteiger partial charge in [-0.05, 0) is 37.0 Å². The summed E-state index contributed by atoms with van der Waals surface area (Å²) in [6.07, 6.45) is 2.36. The van der Waals surface area contributed by atoms with E-state index in [0.717, 1.165) is 12.0 Å². The molecule has 0 saturated heterocycles. The first-order valence-electron chi connectivity index (χ1n) is 8.32. The molecule has 0 aliphatic heterocycles. The van der Waals surface area contributed by atoms with Gasteiger partial charge in [-0.3, -0.25) is 4.79 Å². The molecule has 2 aromatic rings. The summed E-state index contributed by atoms with van der Waals surface area (Å²) in [5, 5.41) is 11.9. The highest BCUT2D eigenvalue weighted by Gasteiger charge is 2.38. The number of hydrogen-bond donors (Lipinski definition) is 1. The Balaban J connectivity index is 1.55. The lowest BCUT2D eigenvalue weighted by atomic mass is 9.78. The summed E-state index contributed by atoms with van der Waals surface area (Å²) in [5.74, 6) is 0.796. The lowest BCUT2D eigenvalue weighted by Crippen LogP contribution is -2.53. The average Bonchev–Trinajstić information content (AvgIpc) is 2.63. The highest BCUT2D eigenvalue weighted by Crippen LogP contribution is 2.31. The van der Waals surface area contributed by atoms with E-state index < -0.39 is 5.54 Å². The molecule has 0 bridgehead atoms. The molecule has 0 unspecified atom stereocenters. The average molecular weight is 336 g/mol. The van der Waals surface area contributed by atoms with E-state index in [9.17, 15) is 4.79 Å². The van der Waals surface area contributed by atoms with Crippen LogP contribution in [0.15, 0.2) is 54.6 Å². The number of rotatable bonds is 7. The Bertz CT molecular complexity index is 764. The fourth-order valence-electron chi connectivity index (χ4n) is 2.67. The van der Waals surface area contributed by atoms with Gasteiger partial charge < -0.3 is 14.8 Å². The van der Waals surface area contributed by atoms with Crippen molar-refractivity contribution in [1.82, 2.24) is 5.32 Å². The van der Waals surface area contributed by atoms with Crippen LogP contribution in [0.3, 0.4) is 0 Å². The highest BCUT2D eigenvalue weighted by atomic mass is 16.5. The standard InChI is InChI=1S/C20H20N2O3/c21-15-20(11-6-12-20)22-19(23)14-25-18-10-5-4-9-17(18)24-13-16-7-2-1-3-8-16/h1-5,7-10H,6,11-14H2,(H,22,23). The minimum Gasteiger partial charge on any atom is -0.485 e. The van der Waals surface area contributed by atoms with Crippen molar-refractivity contribution in [1.29, 1.82) is 5.26 Å². The van der Waals surface area contributed by atoms with Gasteiger partial charge in [0.2, 0.25) is 0 Å². The molecule has 1 N–H and O–H groups in total. The van der Waals surface area contributed by atoms with Crippen LogP contribution >= 0.6 is 0 Å². The Morgan fingerprint density at radius 1 is 1.04 bits per heavy atom. The predicted molar refractivity (Wildman–Crippen MR) is 93.0 cm³/mol. The van der Waals surface area contributed by atoms with Crippen LogP contribution in [-0.4, -0.2) is 18.1 Å². The zero-order chi connectivity index (χ0) is 17.5. The van der Waals surface area contributed by atoms with Gasteiger partial charge in [0.1, 0.15) is 12.1 Å². The third kappa shape index (κ3) is 4.30. The van der Waals surface area contributed by atoms with E-state index >= 15 is 0 Å². The summed E-state index contributed by atoms with van der Waals surface area (Å²) >= 11 is 0. The quantitative estimate of drug-likeness (QED) is 0.843. The van der Waals surface area contributed by atoms with Gasteiger partial charge in [-0.15, -0.1) is 0 Å². The minimum atomic E-state index is -0.705. The van der Waals surface area contributed by atoms with Gasteiger partial charge in [0.25, 0.3) is 5.91 Å². The number of benzene rings is 2. The maximum atomic E-state index is 12.0. The summed E-state index contributed by atoms with van der Waals surface area (Å²) < 4.78 is 11.4. The maximum Gasteiger partial charge on any atom is 0.259 e. The summed E-state index contributed by atoms with van der Waals surface area (Å²) in [6, 6.07) is 19.3. The summed E-state index contributed by atoms with van der Waals surface area (Å²) in [6.45, 7) is 0.278. The van der Waals surface area contributed by atoms with Crippen molar-refractivity contribution in [3.63, 3.8) is 0 Å². The molecule has 1 saturated carbocycles. The Morgan fingerprint density at radius 3 is 2.28 bits per heavy atom. The number of nitrogens with zero attached hydrogens (tertiary/aromatic N) is 1. The van der Waals surface area contributed by atoms with Crippen LogP contribution in [0, 0.1) is 11.3 Å². The number of nitrogens with one attached hydrogen (secondary N) is 1. The summed E-state index contributed by atoms with van der Waals surface area (Å²) in [5.41, 5.74) is 0.347. The molecule has 1 amide bonds. The van der Waals surface area contributed by atoms with Crippen LogP contribution in [0.2, 0.25) is 0 Å². The number of ether oxygens (including phenoxy) is 2. The minimum absolute atomic E-state index is 0.144. The van der Waals surface area contributed by atoms with Crippen molar-refractivity contribution < 1.29 is 14.3 Å². The van der Waals surface area contributed by atoms with E-state index in [0.29, 0.717) is 30.9 Å². The van der Waals surface area contributed by atoms with Gasteiger partial charge in [-0.1, -0.05) is 42.5 Å². The van der Waals surface area contributed by atoms with Gasteiger partial charge in [-0.25, -0.2) is 0 Å². The number of para-hydroxylation sites is 2. The number of nitriles is 1. The molecular formula is C20H20N2O3. The Labute approximate surface area is 147 Å². The molecule has 0 spiro atoms. The first-order valence-corrected chi connectivity index (χ1v) is 8.32. The molecule has 0 aromatic heterocycles. The van der Waals surface area contributed by atoms with Gasteiger partial charge in [0.15, 0.2) is 18.1 Å². The van der Waals surface area contributed by atoms with E-state index in [1.165, 1.54) is 0 Å². The fraction of sp³-hybridized carbons (Fsp3) is 0.300. The molecule has 128 valence electrons. The third-order valence-corrected chi connectivity index (χ3v) is 4.24. The normalized spacial score (nSPS) is 14.7. The molecule has 1 aliphatic rings. The molecule has 5 nitrogen and oxygen atoms in total. The first kappa shape index (κ1) is 16.8. The molecule has 2 aromatic carbocycles. The molecule has 0 heterocycles. The van der Waals surface area contributed by atoms with Crippen molar-refractivity contribution in [3.8, 4) is 17.6 Å². The van der Waals surface area contributed by atoms with Gasteiger partial charge >= 0.3 is 0 Å². The van der Waals surface area contributed by atoms with Crippen LogP contribution in [0.4, 0.5) is 0 Å². The van der Waals surface area contributed by atoms with Crippen LogP contribution in [0.1, 0.15) is 24.8 Å². The van der Waals surface area contributed by atoms with E-state index in [4.69, 9.17) is 14.7 Å². The van der Waals surface area contributed by atoms with Gasteiger partial charge in [0.05, 0.1) is 6.07 Å². The van der Waals surface area contributed by atoms with Crippen molar-refractivity contribution >= 4 is 5.91 Å². The van der Waals surface area contributed by atoms with Crippen molar-refractivity contribution in [2.45, 2.75) is 31.4 Å². The predicted octanol–water partition coefficient (Wildman–Crippen LogP) is 3.21. The molecule has 1 fully saturated rings. The zero-order valence-electron chi connectivity index (χ0n) is 13.9. The number of hydrogen-bond acceptors (Lipinski definition) is 4. The first-order chi connectivity index (χ1) is 12.2. The van der Waals surface area contributed by atoms with Crippen LogP contribution in [-0.2, 0) is 11.4 Å².